The average molecular weight is 432 g/mol. The number of aromatic nitrogens is 3. The molecule has 1 saturated heterocycles. The van der Waals surface area contributed by atoms with E-state index in [1.807, 2.05) is 53.5 Å². The molecule has 1 aliphatic rings. The lowest BCUT2D eigenvalue weighted by molar-refractivity contribution is 0.170. The molecule has 0 radical (unpaired) electrons. The van der Waals surface area contributed by atoms with Crippen molar-refractivity contribution in [1.82, 2.24) is 14.5 Å². The van der Waals surface area contributed by atoms with Gasteiger partial charge in [0, 0.05) is 57.1 Å². The highest BCUT2D eigenvalue weighted by atomic mass is 32.1. The smallest absolute Gasteiger partial charge is 0.225 e. The average Bonchev–Trinajstić information content (AvgIpc) is 2.81. The number of nitrogens with zero attached hydrogens (tertiary/aromatic N) is 5. The molecule has 0 unspecified atom stereocenters. The van der Waals surface area contributed by atoms with E-state index in [0.717, 1.165) is 55.2 Å². The van der Waals surface area contributed by atoms with Crippen LogP contribution in [0.15, 0.2) is 55.0 Å². The number of hydrogen-bond acceptors (Lipinski definition) is 6. The summed E-state index contributed by atoms with van der Waals surface area (Å²) in [5.41, 5.74) is 2.85. The van der Waals surface area contributed by atoms with Crippen LogP contribution in [0.1, 0.15) is 36.5 Å². The molecule has 158 valence electrons. The van der Waals surface area contributed by atoms with E-state index in [4.69, 9.17) is 22.2 Å². The summed E-state index contributed by atoms with van der Waals surface area (Å²) in [5, 5.41) is 9.07. The fourth-order valence-corrected chi connectivity index (χ4v) is 3.93. The predicted molar refractivity (Wildman–Crippen MR) is 123 cm³/mol. The third-order valence-corrected chi connectivity index (χ3v) is 5.86. The van der Waals surface area contributed by atoms with Crippen molar-refractivity contribution in [3.05, 3.63) is 76.3 Å². The lowest BCUT2D eigenvalue weighted by Crippen LogP contribution is -2.39. The number of anilines is 1. The molecular formula is C24H25N5OS. The van der Waals surface area contributed by atoms with Gasteiger partial charge in [-0.05, 0) is 35.7 Å². The van der Waals surface area contributed by atoms with E-state index in [9.17, 15) is 0 Å². The SMILES string of the molecule is CCc1cnc(N2CCC(Oc3ccn(Cc4cccc(C#N)c4)c(=S)c3)CC2)nc1. The second kappa shape index (κ2) is 9.71. The molecule has 6 nitrogen and oxygen atoms in total. The summed E-state index contributed by atoms with van der Waals surface area (Å²) in [5.74, 6) is 1.60. The lowest BCUT2D eigenvalue weighted by Gasteiger charge is -2.32. The van der Waals surface area contributed by atoms with Gasteiger partial charge in [-0.25, -0.2) is 9.97 Å². The summed E-state index contributed by atoms with van der Waals surface area (Å²) in [6.45, 7) is 4.48. The summed E-state index contributed by atoms with van der Waals surface area (Å²) in [4.78, 5) is 11.2. The molecule has 0 spiro atoms. The van der Waals surface area contributed by atoms with Crippen LogP contribution in [-0.4, -0.2) is 33.7 Å². The Morgan fingerprint density at radius 3 is 2.58 bits per heavy atom. The van der Waals surface area contributed by atoms with Gasteiger partial charge in [0.1, 0.15) is 16.5 Å². The van der Waals surface area contributed by atoms with Gasteiger partial charge in [0.25, 0.3) is 0 Å². The molecule has 3 aromatic rings. The first-order valence-corrected chi connectivity index (χ1v) is 11.0. The highest BCUT2D eigenvalue weighted by molar-refractivity contribution is 7.71. The molecule has 1 aliphatic heterocycles. The topological polar surface area (TPSA) is 67.0 Å². The zero-order valence-corrected chi connectivity index (χ0v) is 18.4. The molecule has 0 amide bonds. The Balaban J connectivity index is 1.34. The van der Waals surface area contributed by atoms with E-state index in [1.54, 1.807) is 6.07 Å². The van der Waals surface area contributed by atoms with Crippen molar-refractivity contribution in [2.45, 2.75) is 38.8 Å². The van der Waals surface area contributed by atoms with Crippen molar-refractivity contribution < 1.29 is 4.74 Å². The maximum absolute atomic E-state index is 9.07. The van der Waals surface area contributed by atoms with Crippen LogP contribution in [0.25, 0.3) is 0 Å². The van der Waals surface area contributed by atoms with E-state index >= 15 is 0 Å². The van der Waals surface area contributed by atoms with E-state index < -0.39 is 0 Å². The molecule has 1 fully saturated rings. The molecule has 0 bridgehead atoms. The molecule has 4 rings (SSSR count). The fourth-order valence-electron chi connectivity index (χ4n) is 3.69. The third-order valence-electron chi connectivity index (χ3n) is 5.50. The Hall–Kier alpha value is -3.24. The van der Waals surface area contributed by atoms with Gasteiger partial charge in [-0.3, -0.25) is 0 Å². The number of piperidine rings is 1. The standard InChI is InChI=1S/C24H25N5OS/c1-2-18-15-26-24(27-16-18)28-9-6-21(7-10-28)30-22-8-11-29(23(31)13-22)17-20-5-3-4-19(12-20)14-25/h3-5,8,11-13,15-16,21H,2,6-7,9-10,17H2,1H3. The van der Waals surface area contributed by atoms with Crippen LogP contribution >= 0.6 is 12.2 Å². The second-order valence-electron chi connectivity index (χ2n) is 7.69. The summed E-state index contributed by atoms with van der Waals surface area (Å²) >= 11 is 5.56. The van der Waals surface area contributed by atoms with Crippen molar-refractivity contribution in [2.75, 3.05) is 18.0 Å². The number of hydrogen-bond donors (Lipinski definition) is 0. The summed E-state index contributed by atoms with van der Waals surface area (Å²) in [6, 6.07) is 13.6. The van der Waals surface area contributed by atoms with Crippen LogP contribution < -0.4 is 9.64 Å². The number of aryl methyl sites for hydroxylation is 1. The largest absolute Gasteiger partial charge is 0.490 e. The molecule has 7 heteroatoms. The van der Waals surface area contributed by atoms with Crippen molar-refractivity contribution in [3.63, 3.8) is 0 Å². The fraction of sp³-hybridized carbons (Fsp3) is 0.333. The van der Waals surface area contributed by atoms with Gasteiger partial charge in [-0.1, -0.05) is 31.3 Å². The second-order valence-corrected chi connectivity index (χ2v) is 8.11. The molecule has 0 saturated carbocycles. The van der Waals surface area contributed by atoms with Crippen LogP contribution in [0.3, 0.4) is 0 Å². The van der Waals surface area contributed by atoms with Crippen LogP contribution in [-0.2, 0) is 13.0 Å². The minimum absolute atomic E-state index is 0.156. The highest BCUT2D eigenvalue weighted by Crippen LogP contribution is 2.22. The number of pyridine rings is 1. The minimum atomic E-state index is 0.156. The number of benzene rings is 1. The van der Waals surface area contributed by atoms with E-state index in [0.29, 0.717) is 16.7 Å². The van der Waals surface area contributed by atoms with Gasteiger partial charge in [0.05, 0.1) is 11.6 Å². The lowest BCUT2D eigenvalue weighted by atomic mass is 10.1. The minimum Gasteiger partial charge on any atom is -0.490 e. The molecule has 3 heterocycles. The Bertz CT molecular complexity index is 1130. The van der Waals surface area contributed by atoms with Gasteiger partial charge < -0.3 is 14.2 Å². The quantitative estimate of drug-likeness (QED) is 0.534. The maximum Gasteiger partial charge on any atom is 0.225 e. The van der Waals surface area contributed by atoms with Gasteiger partial charge >= 0.3 is 0 Å². The first kappa shape index (κ1) is 21.0. The van der Waals surface area contributed by atoms with Crippen molar-refractivity contribution >= 4 is 18.2 Å². The van der Waals surface area contributed by atoms with Crippen molar-refractivity contribution in [1.29, 1.82) is 5.26 Å². The summed E-state index contributed by atoms with van der Waals surface area (Å²) < 4.78 is 8.90. The molecule has 0 atom stereocenters. The van der Waals surface area contributed by atoms with Gasteiger partial charge in [0.2, 0.25) is 5.95 Å². The van der Waals surface area contributed by atoms with E-state index in [1.165, 1.54) is 0 Å². The molecule has 1 aromatic carbocycles. The van der Waals surface area contributed by atoms with Crippen LogP contribution in [0.4, 0.5) is 5.95 Å². The van der Waals surface area contributed by atoms with Crippen LogP contribution in [0, 0.1) is 16.0 Å². The van der Waals surface area contributed by atoms with Crippen LogP contribution in [0.2, 0.25) is 0 Å². The molecule has 2 aromatic heterocycles. The highest BCUT2D eigenvalue weighted by Gasteiger charge is 2.22. The van der Waals surface area contributed by atoms with Crippen molar-refractivity contribution in [2.24, 2.45) is 0 Å². The van der Waals surface area contributed by atoms with Gasteiger partial charge in [-0.2, -0.15) is 5.26 Å². The molecular weight excluding hydrogens is 406 g/mol. The molecule has 31 heavy (non-hydrogen) atoms. The molecule has 0 N–H and O–H groups in total. The number of ether oxygens (including phenoxy) is 1. The first-order chi connectivity index (χ1) is 15.1. The summed E-state index contributed by atoms with van der Waals surface area (Å²) in [7, 11) is 0. The Labute approximate surface area is 187 Å². The maximum atomic E-state index is 9.07. The Kier molecular flexibility index (Phi) is 6.58. The zero-order valence-electron chi connectivity index (χ0n) is 17.6. The molecule has 0 aliphatic carbocycles. The van der Waals surface area contributed by atoms with Crippen molar-refractivity contribution in [3.8, 4) is 11.8 Å². The van der Waals surface area contributed by atoms with E-state index in [-0.39, 0.29) is 6.10 Å². The van der Waals surface area contributed by atoms with Gasteiger partial charge in [-0.15, -0.1) is 0 Å². The first-order valence-electron chi connectivity index (χ1n) is 10.6. The zero-order chi connectivity index (χ0) is 21.6. The number of rotatable bonds is 6. The summed E-state index contributed by atoms with van der Waals surface area (Å²) in [6.07, 6.45) is 8.71. The van der Waals surface area contributed by atoms with E-state index in [2.05, 4.69) is 27.9 Å². The third kappa shape index (κ3) is 5.28. The monoisotopic (exact) mass is 431 g/mol. The Morgan fingerprint density at radius 2 is 1.90 bits per heavy atom. The Morgan fingerprint density at radius 1 is 1.13 bits per heavy atom. The normalized spacial score (nSPS) is 14.3. The predicted octanol–water partition coefficient (Wildman–Crippen LogP) is 4.54. The van der Waals surface area contributed by atoms with Gasteiger partial charge in [0.15, 0.2) is 0 Å². The number of nitriles is 1. The van der Waals surface area contributed by atoms with Crippen LogP contribution in [0.5, 0.6) is 5.75 Å².